The molecule has 0 radical (unpaired) electrons. The van der Waals surface area contributed by atoms with Gasteiger partial charge in [-0.15, -0.1) is 5.10 Å². The number of rotatable bonds is 8. The van der Waals surface area contributed by atoms with Gasteiger partial charge in [0, 0.05) is 25.1 Å². The molecule has 0 atom stereocenters. The predicted molar refractivity (Wildman–Crippen MR) is 100 cm³/mol. The summed E-state index contributed by atoms with van der Waals surface area (Å²) < 4.78 is 13.0. The number of aromatic nitrogens is 4. The second kappa shape index (κ2) is 8.17. The van der Waals surface area contributed by atoms with Gasteiger partial charge >= 0.3 is 0 Å². The third kappa shape index (κ3) is 4.50. The third-order valence-electron chi connectivity index (χ3n) is 4.35. The van der Waals surface area contributed by atoms with Crippen LogP contribution in [0, 0.1) is 20.8 Å². The van der Waals surface area contributed by atoms with Gasteiger partial charge in [-0.2, -0.15) is 0 Å². The van der Waals surface area contributed by atoms with Gasteiger partial charge in [0.05, 0.1) is 18.5 Å². The van der Waals surface area contributed by atoms with Crippen LogP contribution < -0.4 is 4.74 Å². The van der Waals surface area contributed by atoms with Crippen LogP contribution in [0.2, 0.25) is 0 Å². The minimum absolute atomic E-state index is 0.724. The lowest BCUT2D eigenvalue weighted by Gasteiger charge is -2.13. The van der Waals surface area contributed by atoms with Crippen LogP contribution in [0.1, 0.15) is 41.8 Å². The Balaban J connectivity index is 1.48. The van der Waals surface area contributed by atoms with Crippen molar-refractivity contribution in [3.63, 3.8) is 0 Å². The van der Waals surface area contributed by atoms with Gasteiger partial charge in [0.25, 0.3) is 0 Å². The molecule has 3 rings (SSSR count). The normalized spacial score (nSPS) is 11.1. The summed E-state index contributed by atoms with van der Waals surface area (Å²) in [7, 11) is 1.87. The first-order chi connectivity index (χ1) is 12.5. The minimum atomic E-state index is 0.724. The van der Waals surface area contributed by atoms with Gasteiger partial charge in [-0.05, 0) is 63.3 Å². The van der Waals surface area contributed by atoms with Crippen LogP contribution in [0.25, 0.3) is 11.3 Å². The van der Waals surface area contributed by atoms with Crippen LogP contribution in [-0.4, -0.2) is 26.8 Å². The molecule has 138 valence electrons. The van der Waals surface area contributed by atoms with Crippen molar-refractivity contribution in [1.82, 2.24) is 20.2 Å². The second-order valence-electron chi connectivity index (χ2n) is 6.81. The van der Waals surface area contributed by atoms with E-state index in [4.69, 9.17) is 9.26 Å². The molecule has 6 nitrogen and oxygen atoms in total. The topological polar surface area (TPSA) is 66.0 Å². The van der Waals surface area contributed by atoms with E-state index in [9.17, 15) is 0 Å². The van der Waals surface area contributed by atoms with E-state index >= 15 is 0 Å². The lowest BCUT2D eigenvalue weighted by atomic mass is 10.0. The van der Waals surface area contributed by atoms with Crippen molar-refractivity contribution in [1.29, 1.82) is 0 Å². The Morgan fingerprint density at radius 1 is 1.04 bits per heavy atom. The van der Waals surface area contributed by atoms with Gasteiger partial charge in [-0.25, -0.2) is 0 Å². The molecule has 0 saturated carbocycles. The highest BCUT2D eigenvalue weighted by Crippen LogP contribution is 2.29. The first-order valence-corrected chi connectivity index (χ1v) is 9.06. The first-order valence-electron chi connectivity index (χ1n) is 9.06. The standard InChI is InChI=1S/C20H26N4O2/c1-14-10-17(19-13-24(4)23-21-19)11-15(2)20(14)25-9-7-5-6-8-18-12-16(3)22-26-18/h10-13H,5-9H2,1-4H3. The molecule has 0 saturated heterocycles. The number of unbranched alkanes of at least 4 members (excludes halogenated alkanes) is 2. The van der Waals surface area contributed by atoms with Gasteiger partial charge < -0.3 is 9.26 Å². The number of ether oxygens (including phenoxy) is 1. The monoisotopic (exact) mass is 354 g/mol. The van der Waals surface area contributed by atoms with Crippen molar-refractivity contribution in [2.45, 2.75) is 46.5 Å². The summed E-state index contributed by atoms with van der Waals surface area (Å²) in [5, 5.41) is 12.1. The second-order valence-corrected chi connectivity index (χ2v) is 6.81. The maximum Gasteiger partial charge on any atom is 0.136 e. The molecule has 0 bridgehead atoms. The molecule has 2 aromatic heterocycles. The van der Waals surface area contributed by atoms with E-state index in [0.717, 1.165) is 71.9 Å². The fourth-order valence-electron chi connectivity index (χ4n) is 3.09. The molecule has 6 heteroatoms. The minimum Gasteiger partial charge on any atom is -0.493 e. The fraction of sp³-hybridized carbons (Fsp3) is 0.450. The zero-order chi connectivity index (χ0) is 18.5. The van der Waals surface area contributed by atoms with Crippen molar-refractivity contribution in [2.24, 2.45) is 7.05 Å². The highest BCUT2D eigenvalue weighted by molar-refractivity contribution is 5.63. The van der Waals surface area contributed by atoms with Gasteiger partial charge in [0.1, 0.15) is 17.2 Å². The van der Waals surface area contributed by atoms with E-state index < -0.39 is 0 Å². The van der Waals surface area contributed by atoms with Crippen LogP contribution in [-0.2, 0) is 13.5 Å². The number of hydrogen-bond donors (Lipinski definition) is 0. The largest absolute Gasteiger partial charge is 0.493 e. The van der Waals surface area contributed by atoms with Crippen molar-refractivity contribution in [2.75, 3.05) is 6.61 Å². The Hall–Kier alpha value is -2.63. The molecule has 0 aliphatic heterocycles. The summed E-state index contributed by atoms with van der Waals surface area (Å²) in [4.78, 5) is 0. The van der Waals surface area contributed by atoms with Gasteiger partial charge in [-0.3, -0.25) is 4.68 Å². The molecule has 0 N–H and O–H groups in total. The number of benzene rings is 1. The molecule has 1 aromatic carbocycles. The van der Waals surface area contributed by atoms with E-state index in [1.54, 1.807) is 4.68 Å². The van der Waals surface area contributed by atoms with Crippen LogP contribution in [0.3, 0.4) is 0 Å². The zero-order valence-electron chi connectivity index (χ0n) is 16.0. The predicted octanol–water partition coefficient (Wildman–Crippen LogP) is 4.19. The molecule has 0 aliphatic carbocycles. The highest BCUT2D eigenvalue weighted by Gasteiger charge is 2.10. The molecule has 0 amide bonds. The van der Waals surface area contributed by atoms with E-state index in [0.29, 0.717) is 0 Å². The lowest BCUT2D eigenvalue weighted by molar-refractivity contribution is 0.299. The first kappa shape index (κ1) is 18.2. The quantitative estimate of drug-likeness (QED) is 0.568. The summed E-state index contributed by atoms with van der Waals surface area (Å²) in [5.74, 6) is 1.94. The van der Waals surface area contributed by atoms with E-state index in [-0.39, 0.29) is 0 Å². The van der Waals surface area contributed by atoms with Crippen LogP contribution in [0.4, 0.5) is 0 Å². The molecule has 26 heavy (non-hydrogen) atoms. The van der Waals surface area contributed by atoms with Gasteiger partial charge in [-0.1, -0.05) is 10.4 Å². The van der Waals surface area contributed by atoms with Crippen molar-refractivity contribution in [3.8, 4) is 17.0 Å². The number of nitrogens with zero attached hydrogens (tertiary/aromatic N) is 4. The summed E-state index contributed by atoms with van der Waals surface area (Å²) in [5.41, 5.74) is 5.15. The molecular formula is C20H26N4O2. The van der Waals surface area contributed by atoms with Crippen LogP contribution in [0.5, 0.6) is 5.75 Å². The Bertz CT molecular complexity index is 843. The van der Waals surface area contributed by atoms with Crippen LogP contribution in [0.15, 0.2) is 28.9 Å². The SMILES string of the molecule is Cc1cc(CCCCCOc2c(C)cc(-c3cn(C)nn3)cc2C)on1. The summed E-state index contributed by atoms with van der Waals surface area (Å²) in [6.45, 7) is 6.83. The molecule has 0 spiro atoms. The molecule has 0 unspecified atom stereocenters. The molecule has 0 fully saturated rings. The van der Waals surface area contributed by atoms with Gasteiger partial charge in [0.2, 0.25) is 0 Å². The Labute approximate surface area is 154 Å². The highest BCUT2D eigenvalue weighted by atomic mass is 16.5. The lowest BCUT2D eigenvalue weighted by Crippen LogP contribution is -2.01. The Morgan fingerprint density at radius 2 is 1.81 bits per heavy atom. The molecule has 3 aromatic rings. The average Bonchev–Trinajstić information content (AvgIpc) is 3.21. The van der Waals surface area contributed by atoms with Crippen molar-refractivity contribution >= 4 is 0 Å². The number of hydrogen-bond acceptors (Lipinski definition) is 5. The Morgan fingerprint density at radius 3 is 2.42 bits per heavy atom. The van der Waals surface area contributed by atoms with E-state index in [1.807, 2.05) is 26.2 Å². The molecule has 0 aliphatic rings. The summed E-state index contributed by atoms with van der Waals surface area (Å²) in [6.07, 6.45) is 6.07. The zero-order valence-corrected chi connectivity index (χ0v) is 16.0. The van der Waals surface area contributed by atoms with Gasteiger partial charge in [0.15, 0.2) is 0 Å². The summed E-state index contributed by atoms with van der Waals surface area (Å²) in [6, 6.07) is 6.22. The smallest absolute Gasteiger partial charge is 0.136 e. The maximum absolute atomic E-state index is 6.04. The maximum atomic E-state index is 6.04. The van der Waals surface area contributed by atoms with Crippen molar-refractivity contribution < 1.29 is 9.26 Å². The van der Waals surface area contributed by atoms with E-state index in [1.165, 1.54) is 0 Å². The Kier molecular flexibility index (Phi) is 5.71. The van der Waals surface area contributed by atoms with Crippen LogP contribution >= 0.6 is 0 Å². The van der Waals surface area contributed by atoms with E-state index in [2.05, 4.69) is 41.4 Å². The summed E-state index contributed by atoms with van der Waals surface area (Å²) >= 11 is 0. The average molecular weight is 354 g/mol. The number of aryl methyl sites for hydroxylation is 5. The fourth-order valence-corrected chi connectivity index (χ4v) is 3.09. The molecular weight excluding hydrogens is 328 g/mol. The third-order valence-corrected chi connectivity index (χ3v) is 4.35. The molecule has 2 heterocycles. The van der Waals surface area contributed by atoms with Crippen molar-refractivity contribution in [3.05, 3.63) is 47.0 Å².